The van der Waals surface area contributed by atoms with Crippen LogP contribution in [-0.2, 0) is 4.79 Å². The minimum atomic E-state index is -0.116. The van der Waals surface area contributed by atoms with Crippen LogP contribution in [0.5, 0.6) is 11.5 Å². The van der Waals surface area contributed by atoms with Gasteiger partial charge < -0.3 is 9.47 Å². The number of hydrogen-bond donors (Lipinski definition) is 0. The Balaban J connectivity index is 1.77. The zero-order valence-electron chi connectivity index (χ0n) is 15.5. The normalized spacial score (nSPS) is 16.7. The highest BCUT2D eigenvalue weighted by Gasteiger charge is 2.33. The number of anilines is 1. The smallest absolute Gasteiger partial charge is 0.270 e. The first-order chi connectivity index (χ1) is 13.0. The van der Waals surface area contributed by atoms with Gasteiger partial charge in [0, 0.05) is 0 Å². The molecule has 2 aromatic rings. The third-order valence-electron chi connectivity index (χ3n) is 4.21. The van der Waals surface area contributed by atoms with E-state index >= 15 is 0 Å². The van der Waals surface area contributed by atoms with Gasteiger partial charge in [-0.3, -0.25) is 9.69 Å². The molecule has 1 atom stereocenters. The third-order valence-corrected chi connectivity index (χ3v) is 5.52. The van der Waals surface area contributed by atoms with Crippen molar-refractivity contribution in [3.63, 3.8) is 0 Å². The second-order valence-electron chi connectivity index (χ2n) is 6.12. The number of carbonyl (C=O) groups is 1. The minimum Gasteiger partial charge on any atom is -0.497 e. The highest BCUT2D eigenvalue weighted by atomic mass is 32.2. The van der Waals surface area contributed by atoms with E-state index in [1.54, 1.807) is 12.0 Å². The summed E-state index contributed by atoms with van der Waals surface area (Å²) in [6.45, 7) is 4.13. The predicted molar refractivity (Wildman–Crippen MR) is 115 cm³/mol. The molecular formula is C21H21NO3S2. The molecule has 2 aromatic carbocycles. The summed E-state index contributed by atoms with van der Waals surface area (Å²) in [7, 11) is 1.61. The topological polar surface area (TPSA) is 38.8 Å². The summed E-state index contributed by atoms with van der Waals surface area (Å²) in [5.74, 6) is 1.45. The maximum absolute atomic E-state index is 12.8. The van der Waals surface area contributed by atoms with Crippen LogP contribution in [0.3, 0.4) is 0 Å². The first-order valence-electron chi connectivity index (χ1n) is 8.70. The second kappa shape index (κ2) is 8.59. The van der Waals surface area contributed by atoms with Gasteiger partial charge in [0.15, 0.2) is 4.32 Å². The van der Waals surface area contributed by atoms with E-state index in [1.807, 2.05) is 61.5 Å². The van der Waals surface area contributed by atoms with E-state index < -0.39 is 0 Å². The lowest BCUT2D eigenvalue weighted by atomic mass is 10.2. The van der Waals surface area contributed by atoms with Crippen LogP contribution in [0, 0.1) is 0 Å². The number of benzene rings is 2. The molecule has 1 heterocycles. The monoisotopic (exact) mass is 399 g/mol. The van der Waals surface area contributed by atoms with Crippen LogP contribution in [-0.4, -0.2) is 23.4 Å². The molecule has 140 valence electrons. The molecule has 0 bridgehead atoms. The molecule has 1 aliphatic heterocycles. The molecule has 1 amide bonds. The fourth-order valence-electron chi connectivity index (χ4n) is 2.53. The van der Waals surface area contributed by atoms with Crippen molar-refractivity contribution in [2.45, 2.75) is 26.4 Å². The van der Waals surface area contributed by atoms with Crippen LogP contribution in [0.25, 0.3) is 6.08 Å². The second-order valence-corrected chi connectivity index (χ2v) is 7.80. The molecule has 0 unspecified atom stereocenters. The van der Waals surface area contributed by atoms with E-state index in [9.17, 15) is 4.79 Å². The number of thiocarbonyl (C=S) groups is 1. The Labute approximate surface area is 169 Å². The van der Waals surface area contributed by atoms with E-state index in [1.165, 1.54) is 11.8 Å². The number of methoxy groups -OCH3 is 1. The van der Waals surface area contributed by atoms with Crippen LogP contribution in [0.15, 0.2) is 53.4 Å². The minimum absolute atomic E-state index is 0.116. The fraction of sp³-hybridized carbons (Fsp3) is 0.238. The third kappa shape index (κ3) is 4.51. The summed E-state index contributed by atoms with van der Waals surface area (Å²) in [5.41, 5.74) is 1.67. The van der Waals surface area contributed by atoms with E-state index in [0.717, 1.165) is 29.2 Å². The van der Waals surface area contributed by atoms with Crippen molar-refractivity contribution in [3.8, 4) is 11.5 Å². The van der Waals surface area contributed by atoms with Crippen molar-refractivity contribution in [3.05, 3.63) is 59.0 Å². The largest absolute Gasteiger partial charge is 0.497 e. The SMILES string of the molecule is CC[C@H](C)Oc1ccc(/C=C2/SC(=S)N(c3ccc(OC)cc3)C2=O)cc1. The highest BCUT2D eigenvalue weighted by Crippen LogP contribution is 2.36. The number of thioether (sulfide) groups is 1. The van der Waals surface area contributed by atoms with Gasteiger partial charge in [-0.2, -0.15) is 0 Å². The predicted octanol–water partition coefficient (Wildman–Crippen LogP) is 5.28. The Morgan fingerprint density at radius 1 is 1.11 bits per heavy atom. The lowest BCUT2D eigenvalue weighted by Gasteiger charge is -2.14. The average Bonchev–Trinajstić information content (AvgIpc) is 2.96. The molecule has 0 aliphatic carbocycles. The number of carbonyl (C=O) groups excluding carboxylic acids is 1. The van der Waals surface area contributed by atoms with Crippen molar-refractivity contribution < 1.29 is 14.3 Å². The Morgan fingerprint density at radius 2 is 1.74 bits per heavy atom. The number of hydrogen-bond acceptors (Lipinski definition) is 5. The van der Waals surface area contributed by atoms with Gasteiger partial charge in [0.2, 0.25) is 0 Å². The van der Waals surface area contributed by atoms with Crippen LogP contribution in [0.4, 0.5) is 5.69 Å². The quantitative estimate of drug-likeness (QED) is 0.488. The van der Waals surface area contributed by atoms with Crippen molar-refractivity contribution in [1.82, 2.24) is 0 Å². The maximum atomic E-state index is 12.8. The van der Waals surface area contributed by atoms with Gasteiger partial charge >= 0.3 is 0 Å². The molecular weight excluding hydrogens is 378 g/mol. The molecule has 4 nitrogen and oxygen atoms in total. The molecule has 1 fully saturated rings. The van der Waals surface area contributed by atoms with Gasteiger partial charge in [0.25, 0.3) is 5.91 Å². The summed E-state index contributed by atoms with van der Waals surface area (Å²) >= 11 is 6.72. The molecule has 27 heavy (non-hydrogen) atoms. The highest BCUT2D eigenvalue weighted by molar-refractivity contribution is 8.27. The Bertz CT molecular complexity index is 860. The molecule has 0 spiro atoms. The van der Waals surface area contributed by atoms with Crippen molar-refractivity contribution in [2.75, 3.05) is 12.0 Å². The summed E-state index contributed by atoms with van der Waals surface area (Å²) in [4.78, 5) is 15.0. The number of nitrogens with zero attached hydrogens (tertiary/aromatic N) is 1. The zero-order chi connectivity index (χ0) is 19.4. The van der Waals surface area contributed by atoms with E-state index in [4.69, 9.17) is 21.7 Å². The van der Waals surface area contributed by atoms with E-state index in [2.05, 4.69) is 6.92 Å². The molecule has 0 radical (unpaired) electrons. The van der Waals surface area contributed by atoms with Gasteiger partial charge in [0.1, 0.15) is 11.5 Å². The van der Waals surface area contributed by atoms with Crippen LogP contribution in [0.2, 0.25) is 0 Å². The molecule has 0 saturated carbocycles. The van der Waals surface area contributed by atoms with E-state index in [-0.39, 0.29) is 12.0 Å². The molecule has 6 heteroatoms. The van der Waals surface area contributed by atoms with Gasteiger partial charge in [0.05, 0.1) is 23.8 Å². The van der Waals surface area contributed by atoms with Crippen LogP contribution in [0.1, 0.15) is 25.8 Å². The van der Waals surface area contributed by atoms with Crippen LogP contribution >= 0.6 is 24.0 Å². The van der Waals surface area contributed by atoms with Gasteiger partial charge in [-0.1, -0.05) is 43.0 Å². The van der Waals surface area contributed by atoms with Gasteiger partial charge in [-0.15, -0.1) is 0 Å². The Hall–Kier alpha value is -2.31. The zero-order valence-corrected chi connectivity index (χ0v) is 17.1. The fourth-order valence-corrected chi connectivity index (χ4v) is 3.83. The lowest BCUT2D eigenvalue weighted by molar-refractivity contribution is -0.113. The summed E-state index contributed by atoms with van der Waals surface area (Å²) < 4.78 is 11.5. The summed E-state index contributed by atoms with van der Waals surface area (Å²) in [5, 5.41) is 0. The lowest BCUT2D eigenvalue weighted by Crippen LogP contribution is -2.27. The number of rotatable bonds is 6. The van der Waals surface area contributed by atoms with Crippen molar-refractivity contribution in [2.24, 2.45) is 0 Å². The summed E-state index contributed by atoms with van der Waals surface area (Å²) in [6.07, 6.45) is 2.99. The standard InChI is InChI=1S/C21H21NO3S2/c1-4-14(2)25-18-9-5-15(6-10-18)13-19-20(23)22(21(26)27-19)16-7-11-17(24-3)12-8-16/h5-14H,4H2,1-3H3/b19-13+/t14-/m0/s1. The Kier molecular flexibility index (Phi) is 6.19. The number of amides is 1. The molecule has 1 saturated heterocycles. The van der Waals surface area contributed by atoms with Crippen molar-refractivity contribution >= 4 is 46.0 Å². The number of ether oxygens (including phenoxy) is 2. The van der Waals surface area contributed by atoms with Gasteiger partial charge in [-0.25, -0.2) is 0 Å². The van der Waals surface area contributed by atoms with Crippen LogP contribution < -0.4 is 14.4 Å². The summed E-state index contributed by atoms with van der Waals surface area (Å²) in [6, 6.07) is 15.0. The Morgan fingerprint density at radius 3 is 2.33 bits per heavy atom. The van der Waals surface area contributed by atoms with E-state index in [0.29, 0.717) is 9.23 Å². The van der Waals surface area contributed by atoms with Crippen molar-refractivity contribution in [1.29, 1.82) is 0 Å². The maximum Gasteiger partial charge on any atom is 0.270 e. The molecule has 3 rings (SSSR count). The molecule has 0 N–H and O–H groups in total. The molecule has 1 aliphatic rings. The first kappa shape index (κ1) is 19.5. The van der Waals surface area contributed by atoms with Gasteiger partial charge in [-0.05, 0) is 61.4 Å². The first-order valence-corrected chi connectivity index (χ1v) is 9.93. The average molecular weight is 400 g/mol. The molecule has 0 aromatic heterocycles.